The Morgan fingerprint density at radius 2 is 1.72 bits per heavy atom. The molecule has 0 aliphatic carbocycles. The third-order valence-electron chi connectivity index (χ3n) is 5.25. The number of thioether (sulfide) groups is 1. The number of piperazine rings is 1. The zero-order chi connectivity index (χ0) is 22.6. The molecule has 1 aliphatic heterocycles. The fourth-order valence-electron chi connectivity index (χ4n) is 3.47. The van der Waals surface area contributed by atoms with Gasteiger partial charge in [-0.05, 0) is 36.4 Å². The Morgan fingerprint density at radius 3 is 2.38 bits per heavy atom. The van der Waals surface area contributed by atoms with Gasteiger partial charge in [-0.15, -0.1) is 0 Å². The zero-order valence-corrected chi connectivity index (χ0v) is 19.3. The molecule has 0 radical (unpaired) electrons. The smallest absolute Gasteiger partial charge is 0.243 e. The highest BCUT2D eigenvalue weighted by molar-refractivity contribution is 7.99. The third-order valence-corrected chi connectivity index (χ3v) is 8.12. The van der Waals surface area contributed by atoms with E-state index >= 15 is 0 Å². The molecule has 2 aromatic carbocycles. The highest BCUT2D eigenvalue weighted by Gasteiger charge is 2.30. The SMILES string of the molecule is COc1ccc(-n2ccnc2SCC(=O)N2CCN(S(=O)(=O)c3ccccc3)CC2)cc1. The molecule has 0 bridgehead atoms. The van der Waals surface area contributed by atoms with E-state index in [2.05, 4.69) is 4.98 Å². The number of hydrogen-bond acceptors (Lipinski definition) is 6. The van der Waals surface area contributed by atoms with Gasteiger partial charge in [0.25, 0.3) is 0 Å². The molecule has 0 spiro atoms. The van der Waals surface area contributed by atoms with Gasteiger partial charge in [0.1, 0.15) is 5.75 Å². The Bertz CT molecular complexity index is 1160. The van der Waals surface area contributed by atoms with Crippen molar-refractivity contribution >= 4 is 27.7 Å². The first-order valence-corrected chi connectivity index (χ1v) is 12.5. The predicted molar refractivity (Wildman–Crippen MR) is 123 cm³/mol. The van der Waals surface area contributed by atoms with Gasteiger partial charge in [-0.2, -0.15) is 4.31 Å². The van der Waals surface area contributed by atoms with Crippen molar-refractivity contribution in [1.29, 1.82) is 0 Å². The van der Waals surface area contributed by atoms with E-state index in [0.717, 1.165) is 11.4 Å². The summed E-state index contributed by atoms with van der Waals surface area (Å²) in [6, 6.07) is 16.0. The van der Waals surface area contributed by atoms with Crippen LogP contribution in [0.3, 0.4) is 0 Å². The molecular weight excluding hydrogens is 448 g/mol. The molecule has 168 valence electrons. The number of carbonyl (C=O) groups is 1. The normalized spacial score (nSPS) is 15.0. The van der Waals surface area contributed by atoms with Crippen molar-refractivity contribution in [2.45, 2.75) is 10.1 Å². The zero-order valence-electron chi connectivity index (χ0n) is 17.6. The van der Waals surface area contributed by atoms with Crippen molar-refractivity contribution < 1.29 is 17.9 Å². The van der Waals surface area contributed by atoms with E-state index in [0.29, 0.717) is 18.2 Å². The topological polar surface area (TPSA) is 84.7 Å². The Hall–Kier alpha value is -2.82. The van der Waals surface area contributed by atoms with Crippen LogP contribution >= 0.6 is 11.8 Å². The fraction of sp³-hybridized carbons (Fsp3) is 0.273. The van der Waals surface area contributed by atoms with Gasteiger partial charge in [0.2, 0.25) is 15.9 Å². The average molecular weight is 473 g/mol. The molecule has 0 atom stereocenters. The summed E-state index contributed by atoms with van der Waals surface area (Å²) in [5.41, 5.74) is 0.929. The van der Waals surface area contributed by atoms with Crippen LogP contribution in [0.25, 0.3) is 5.69 Å². The summed E-state index contributed by atoms with van der Waals surface area (Å²) in [6.07, 6.45) is 3.55. The first kappa shape index (κ1) is 22.4. The molecule has 1 amide bonds. The molecule has 1 aliphatic rings. The molecule has 4 rings (SSSR count). The van der Waals surface area contributed by atoms with Crippen LogP contribution < -0.4 is 4.74 Å². The number of rotatable bonds is 7. The van der Waals surface area contributed by atoms with Gasteiger partial charge in [0, 0.05) is 44.3 Å². The number of carbonyl (C=O) groups excluding carboxylic acids is 1. The van der Waals surface area contributed by atoms with E-state index in [9.17, 15) is 13.2 Å². The molecule has 2 heterocycles. The minimum atomic E-state index is -3.53. The van der Waals surface area contributed by atoms with Crippen molar-refractivity contribution in [1.82, 2.24) is 18.8 Å². The molecule has 8 nitrogen and oxygen atoms in total. The van der Waals surface area contributed by atoms with E-state index < -0.39 is 10.0 Å². The van der Waals surface area contributed by atoms with Crippen LogP contribution in [0.15, 0.2) is 77.0 Å². The van der Waals surface area contributed by atoms with Gasteiger partial charge in [0.15, 0.2) is 5.16 Å². The summed E-state index contributed by atoms with van der Waals surface area (Å²) in [5, 5.41) is 0.716. The standard InChI is InChI=1S/C22H24N4O4S2/c1-30-19-9-7-18(8-10-19)26-12-11-23-22(26)31-17-21(27)24-13-15-25(16-14-24)32(28,29)20-5-3-2-4-6-20/h2-12H,13-17H2,1H3. The van der Waals surface area contributed by atoms with E-state index in [1.807, 2.05) is 35.0 Å². The lowest BCUT2D eigenvalue weighted by molar-refractivity contribution is -0.129. The lowest BCUT2D eigenvalue weighted by atomic mass is 10.3. The quantitative estimate of drug-likeness (QED) is 0.492. The summed E-state index contributed by atoms with van der Waals surface area (Å²) in [6.45, 7) is 1.32. The molecule has 0 saturated carbocycles. The average Bonchev–Trinajstić information content (AvgIpc) is 3.32. The number of hydrogen-bond donors (Lipinski definition) is 0. The minimum Gasteiger partial charge on any atom is -0.497 e. The highest BCUT2D eigenvalue weighted by Crippen LogP contribution is 2.23. The first-order chi connectivity index (χ1) is 15.5. The van der Waals surface area contributed by atoms with Gasteiger partial charge in [0.05, 0.1) is 17.8 Å². The minimum absolute atomic E-state index is 0.0314. The van der Waals surface area contributed by atoms with Crippen molar-refractivity contribution in [2.75, 3.05) is 39.0 Å². The molecule has 1 aromatic heterocycles. The van der Waals surface area contributed by atoms with Crippen molar-refractivity contribution in [3.63, 3.8) is 0 Å². The number of nitrogens with zero attached hydrogens (tertiary/aromatic N) is 4. The van der Waals surface area contributed by atoms with Crippen LogP contribution in [0, 0.1) is 0 Å². The molecule has 1 fully saturated rings. The maximum atomic E-state index is 12.8. The van der Waals surface area contributed by atoms with E-state index in [-0.39, 0.29) is 29.6 Å². The van der Waals surface area contributed by atoms with Gasteiger partial charge in [-0.3, -0.25) is 9.36 Å². The Morgan fingerprint density at radius 1 is 1.03 bits per heavy atom. The first-order valence-electron chi connectivity index (χ1n) is 10.1. The molecule has 0 N–H and O–H groups in total. The van der Waals surface area contributed by atoms with Crippen LogP contribution in [-0.2, 0) is 14.8 Å². The second kappa shape index (κ2) is 9.76. The van der Waals surface area contributed by atoms with Gasteiger partial charge in [-0.1, -0.05) is 30.0 Å². The molecular formula is C22H24N4O4S2. The Labute approximate surface area is 191 Å². The molecule has 3 aromatic rings. The van der Waals surface area contributed by atoms with E-state index in [1.165, 1.54) is 16.1 Å². The van der Waals surface area contributed by atoms with Crippen LogP contribution in [0.5, 0.6) is 5.75 Å². The highest BCUT2D eigenvalue weighted by atomic mass is 32.2. The fourth-order valence-corrected chi connectivity index (χ4v) is 5.79. The van der Waals surface area contributed by atoms with Crippen molar-refractivity contribution in [3.05, 3.63) is 67.0 Å². The van der Waals surface area contributed by atoms with Gasteiger partial charge in [-0.25, -0.2) is 13.4 Å². The lowest BCUT2D eigenvalue weighted by Crippen LogP contribution is -2.50. The second-order valence-electron chi connectivity index (χ2n) is 7.16. The number of sulfonamides is 1. The number of amides is 1. The van der Waals surface area contributed by atoms with Gasteiger partial charge < -0.3 is 9.64 Å². The Balaban J connectivity index is 1.33. The molecule has 0 unspecified atom stereocenters. The van der Waals surface area contributed by atoms with Crippen molar-refractivity contribution in [3.8, 4) is 11.4 Å². The van der Waals surface area contributed by atoms with Crippen LogP contribution in [-0.4, -0.2) is 72.1 Å². The third kappa shape index (κ3) is 4.82. The van der Waals surface area contributed by atoms with Crippen LogP contribution in [0.2, 0.25) is 0 Å². The largest absolute Gasteiger partial charge is 0.497 e. The molecule has 1 saturated heterocycles. The number of imidazole rings is 1. The van der Waals surface area contributed by atoms with E-state index in [4.69, 9.17) is 4.74 Å². The van der Waals surface area contributed by atoms with Crippen LogP contribution in [0.4, 0.5) is 0 Å². The number of methoxy groups -OCH3 is 1. The van der Waals surface area contributed by atoms with E-state index in [1.54, 1.807) is 48.5 Å². The maximum Gasteiger partial charge on any atom is 0.243 e. The monoisotopic (exact) mass is 472 g/mol. The summed E-state index contributed by atoms with van der Waals surface area (Å²) >= 11 is 1.36. The summed E-state index contributed by atoms with van der Waals surface area (Å²) in [5.74, 6) is 0.973. The molecule has 10 heteroatoms. The van der Waals surface area contributed by atoms with Crippen LogP contribution in [0.1, 0.15) is 0 Å². The maximum absolute atomic E-state index is 12.8. The summed E-state index contributed by atoms with van der Waals surface area (Å²) in [4.78, 5) is 19.1. The lowest BCUT2D eigenvalue weighted by Gasteiger charge is -2.34. The summed E-state index contributed by atoms with van der Waals surface area (Å²) < 4.78 is 34.1. The number of aromatic nitrogens is 2. The second-order valence-corrected chi connectivity index (χ2v) is 10.0. The summed E-state index contributed by atoms with van der Waals surface area (Å²) in [7, 11) is -1.91. The Kier molecular flexibility index (Phi) is 6.83. The predicted octanol–water partition coefficient (Wildman–Crippen LogP) is 2.51. The number of benzene rings is 2. The number of ether oxygens (including phenoxy) is 1. The van der Waals surface area contributed by atoms with Gasteiger partial charge >= 0.3 is 0 Å². The van der Waals surface area contributed by atoms with Crippen molar-refractivity contribution in [2.24, 2.45) is 0 Å². The molecule has 32 heavy (non-hydrogen) atoms.